The summed E-state index contributed by atoms with van der Waals surface area (Å²) < 4.78 is 28.1. The summed E-state index contributed by atoms with van der Waals surface area (Å²) in [6, 6.07) is 4.27. The third kappa shape index (κ3) is 2.55. The van der Waals surface area contributed by atoms with Gasteiger partial charge in [0.2, 0.25) is 0 Å². The van der Waals surface area contributed by atoms with Crippen molar-refractivity contribution < 1.29 is 8.78 Å². The van der Waals surface area contributed by atoms with Crippen molar-refractivity contribution in [1.29, 1.82) is 0 Å². The highest BCUT2D eigenvalue weighted by Crippen LogP contribution is 2.34. The number of nitrogens with one attached hydrogen (secondary N) is 1. The van der Waals surface area contributed by atoms with Crippen molar-refractivity contribution >= 4 is 0 Å². The van der Waals surface area contributed by atoms with Gasteiger partial charge in [-0.1, -0.05) is 6.07 Å². The SMILES string of the molecule is Cc1nc2c(c(=O)[nH]1)C[C@H]1CC[C@@H](C2)N1Cc1c(F)cccc1F. The molecule has 3 heterocycles. The lowest BCUT2D eigenvalue weighted by Gasteiger charge is -2.28. The van der Waals surface area contributed by atoms with Crippen LogP contribution in [0.25, 0.3) is 0 Å². The number of H-pyrrole nitrogens is 1. The fourth-order valence-corrected chi connectivity index (χ4v) is 4.08. The van der Waals surface area contributed by atoms with Crippen LogP contribution in [0.2, 0.25) is 0 Å². The predicted molar refractivity (Wildman–Crippen MR) is 85.7 cm³/mol. The smallest absolute Gasteiger partial charge is 0.254 e. The predicted octanol–water partition coefficient (Wildman–Crippen LogP) is 2.49. The maximum Gasteiger partial charge on any atom is 0.254 e. The molecular formula is C18H19F2N3O. The van der Waals surface area contributed by atoms with Gasteiger partial charge in [0.1, 0.15) is 17.5 Å². The van der Waals surface area contributed by atoms with E-state index >= 15 is 0 Å². The molecule has 2 atom stereocenters. The second-order valence-electron chi connectivity index (χ2n) is 6.74. The summed E-state index contributed by atoms with van der Waals surface area (Å²) in [7, 11) is 0. The summed E-state index contributed by atoms with van der Waals surface area (Å²) in [4.78, 5) is 21.7. The minimum Gasteiger partial charge on any atom is -0.311 e. The molecule has 0 radical (unpaired) electrons. The molecule has 1 aromatic heterocycles. The summed E-state index contributed by atoms with van der Waals surface area (Å²) in [5.74, 6) is -0.408. The highest BCUT2D eigenvalue weighted by molar-refractivity contribution is 5.25. The second kappa shape index (κ2) is 5.77. The number of aryl methyl sites for hydroxylation is 1. The fraction of sp³-hybridized carbons (Fsp3) is 0.444. The molecule has 126 valence electrons. The van der Waals surface area contributed by atoms with Crippen molar-refractivity contribution in [3.63, 3.8) is 0 Å². The van der Waals surface area contributed by atoms with Crippen LogP contribution in [0.5, 0.6) is 0 Å². The van der Waals surface area contributed by atoms with Crippen LogP contribution in [0.3, 0.4) is 0 Å². The zero-order valence-corrected chi connectivity index (χ0v) is 13.5. The van der Waals surface area contributed by atoms with Crippen LogP contribution >= 0.6 is 0 Å². The average Bonchev–Trinajstić information content (AvgIpc) is 2.79. The second-order valence-corrected chi connectivity index (χ2v) is 6.74. The lowest BCUT2D eigenvalue weighted by Crippen LogP contribution is -2.36. The van der Waals surface area contributed by atoms with Gasteiger partial charge in [-0.15, -0.1) is 0 Å². The minimum atomic E-state index is -0.511. The van der Waals surface area contributed by atoms with Crippen LogP contribution in [-0.2, 0) is 19.4 Å². The summed E-state index contributed by atoms with van der Waals surface area (Å²) in [6.45, 7) is 2.01. The Hall–Kier alpha value is -2.08. The van der Waals surface area contributed by atoms with Crippen LogP contribution in [0.4, 0.5) is 8.78 Å². The van der Waals surface area contributed by atoms with Crippen molar-refractivity contribution in [2.75, 3.05) is 0 Å². The Morgan fingerprint density at radius 1 is 1.21 bits per heavy atom. The van der Waals surface area contributed by atoms with Crippen molar-refractivity contribution in [2.45, 2.75) is 51.2 Å². The van der Waals surface area contributed by atoms with E-state index in [1.807, 2.05) is 0 Å². The van der Waals surface area contributed by atoms with Gasteiger partial charge in [0.15, 0.2) is 0 Å². The number of rotatable bonds is 2. The molecule has 1 saturated heterocycles. The van der Waals surface area contributed by atoms with Crippen molar-refractivity contribution in [3.8, 4) is 0 Å². The largest absolute Gasteiger partial charge is 0.311 e. The number of benzene rings is 1. The number of aromatic amines is 1. The van der Waals surface area contributed by atoms with Gasteiger partial charge in [-0.05, 0) is 38.3 Å². The molecule has 6 heteroatoms. The normalized spacial score (nSPS) is 23.1. The summed E-state index contributed by atoms with van der Waals surface area (Å²) in [6.07, 6.45) is 3.15. The van der Waals surface area contributed by atoms with Gasteiger partial charge in [0.25, 0.3) is 5.56 Å². The molecule has 1 aromatic carbocycles. The first-order chi connectivity index (χ1) is 11.5. The molecule has 2 aliphatic rings. The lowest BCUT2D eigenvalue weighted by atomic mass is 9.98. The highest BCUT2D eigenvalue weighted by Gasteiger charge is 2.38. The van der Waals surface area contributed by atoms with Gasteiger partial charge >= 0.3 is 0 Å². The molecule has 4 rings (SSSR count). The Balaban J connectivity index is 1.68. The standard InChI is InChI=1S/C18H19F2N3O/c1-10-21-17-8-12-6-5-11(7-13(17)18(24)22-10)23(12)9-14-15(19)3-2-4-16(14)20/h2-4,11-12H,5-9H2,1H3,(H,21,22,24)/t11-,12+/m1/s1. The van der Waals surface area contributed by atoms with Crippen molar-refractivity contribution in [1.82, 2.24) is 14.9 Å². The zero-order chi connectivity index (χ0) is 16.8. The molecule has 2 bridgehead atoms. The molecule has 24 heavy (non-hydrogen) atoms. The number of aromatic nitrogens is 2. The van der Waals surface area contributed by atoms with Crippen LogP contribution in [0.1, 0.15) is 35.5 Å². The van der Waals surface area contributed by atoms with Crippen molar-refractivity contribution in [3.05, 3.63) is 62.8 Å². The van der Waals surface area contributed by atoms with Crippen LogP contribution in [0.15, 0.2) is 23.0 Å². The fourth-order valence-electron chi connectivity index (χ4n) is 4.08. The van der Waals surface area contributed by atoms with Crippen molar-refractivity contribution in [2.24, 2.45) is 0 Å². The van der Waals surface area contributed by atoms with Gasteiger partial charge in [0.05, 0.1) is 5.69 Å². The number of hydrogen-bond donors (Lipinski definition) is 1. The molecular weight excluding hydrogens is 312 g/mol. The van der Waals surface area contributed by atoms with E-state index in [0.717, 1.165) is 24.1 Å². The average molecular weight is 331 g/mol. The summed E-state index contributed by atoms with van der Waals surface area (Å²) in [5.41, 5.74) is 1.59. The quantitative estimate of drug-likeness (QED) is 0.920. The van der Waals surface area contributed by atoms with Gasteiger partial charge in [-0.2, -0.15) is 0 Å². The number of halogens is 2. The van der Waals surface area contributed by atoms with E-state index in [1.165, 1.54) is 18.2 Å². The summed E-state index contributed by atoms with van der Waals surface area (Å²) >= 11 is 0. The number of nitrogens with zero attached hydrogens (tertiary/aromatic N) is 2. The monoisotopic (exact) mass is 331 g/mol. The lowest BCUT2D eigenvalue weighted by molar-refractivity contribution is 0.182. The molecule has 0 saturated carbocycles. The number of hydrogen-bond acceptors (Lipinski definition) is 3. The maximum absolute atomic E-state index is 14.0. The third-order valence-electron chi connectivity index (χ3n) is 5.26. The Bertz CT molecular complexity index is 828. The first kappa shape index (κ1) is 15.4. The zero-order valence-electron chi connectivity index (χ0n) is 13.5. The van der Waals surface area contributed by atoms with Crippen LogP contribution in [-0.4, -0.2) is 27.0 Å². The highest BCUT2D eigenvalue weighted by atomic mass is 19.1. The molecule has 0 aliphatic carbocycles. The maximum atomic E-state index is 14.0. The van der Waals surface area contributed by atoms with E-state index in [-0.39, 0.29) is 29.8 Å². The van der Waals surface area contributed by atoms with Gasteiger partial charge in [-0.25, -0.2) is 13.8 Å². The Morgan fingerprint density at radius 3 is 2.58 bits per heavy atom. The Kier molecular flexibility index (Phi) is 3.72. The molecule has 1 fully saturated rings. The van der Waals surface area contributed by atoms with E-state index in [0.29, 0.717) is 18.7 Å². The Labute approximate surface area is 138 Å². The van der Waals surface area contributed by atoms with E-state index in [2.05, 4.69) is 14.9 Å². The number of fused-ring (bicyclic) bond motifs is 3. The first-order valence-corrected chi connectivity index (χ1v) is 8.30. The molecule has 0 spiro atoms. The van der Waals surface area contributed by atoms with E-state index in [9.17, 15) is 13.6 Å². The molecule has 0 amide bonds. The van der Waals surface area contributed by atoms with E-state index in [4.69, 9.17) is 0 Å². The summed E-state index contributed by atoms with van der Waals surface area (Å²) in [5, 5.41) is 0. The van der Waals surface area contributed by atoms with Gasteiger partial charge < -0.3 is 4.98 Å². The third-order valence-corrected chi connectivity index (χ3v) is 5.26. The molecule has 0 unspecified atom stereocenters. The molecule has 2 aromatic rings. The molecule has 2 aliphatic heterocycles. The van der Waals surface area contributed by atoms with E-state index in [1.54, 1.807) is 6.92 Å². The van der Waals surface area contributed by atoms with Crippen LogP contribution < -0.4 is 5.56 Å². The molecule has 1 N–H and O–H groups in total. The first-order valence-electron chi connectivity index (χ1n) is 8.30. The molecule has 4 nitrogen and oxygen atoms in total. The minimum absolute atomic E-state index is 0.0814. The van der Waals surface area contributed by atoms with Gasteiger partial charge in [0, 0.05) is 36.2 Å². The topological polar surface area (TPSA) is 49.0 Å². The Morgan fingerprint density at radius 2 is 1.88 bits per heavy atom. The van der Waals surface area contributed by atoms with Gasteiger partial charge in [-0.3, -0.25) is 9.69 Å². The van der Waals surface area contributed by atoms with Crippen LogP contribution in [0, 0.1) is 18.6 Å². The van der Waals surface area contributed by atoms with E-state index < -0.39 is 11.6 Å².